The molecule has 0 amide bonds. The zero-order chi connectivity index (χ0) is 13.1. The van der Waals surface area contributed by atoms with E-state index < -0.39 is 0 Å². The Morgan fingerprint density at radius 2 is 1.59 bits per heavy atom. The standard InChI is InChI=1S/C16H27N/c1-7-14-8-10-15(11-9-14)12(2)17-13(3)16(4,5)6/h8-13,17H,7H2,1-6H3. The zero-order valence-corrected chi connectivity index (χ0v) is 12.2. The maximum absolute atomic E-state index is 3.67. The molecule has 0 saturated heterocycles. The van der Waals surface area contributed by atoms with E-state index in [9.17, 15) is 0 Å². The van der Waals surface area contributed by atoms with Gasteiger partial charge in [0.2, 0.25) is 0 Å². The summed E-state index contributed by atoms with van der Waals surface area (Å²) in [6, 6.07) is 9.86. The minimum Gasteiger partial charge on any atom is -0.307 e. The second kappa shape index (κ2) is 5.68. The average Bonchev–Trinajstić information content (AvgIpc) is 2.27. The van der Waals surface area contributed by atoms with Crippen LogP contribution in [0.1, 0.15) is 58.7 Å². The van der Waals surface area contributed by atoms with Crippen molar-refractivity contribution < 1.29 is 0 Å². The lowest BCUT2D eigenvalue weighted by Crippen LogP contribution is -2.39. The van der Waals surface area contributed by atoms with Crippen LogP contribution < -0.4 is 5.32 Å². The molecule has 1 nitrogen and oxygen atoms in total. The first-order chi connectivity index (χ1) is 7.84. The molecule has 0 radical (unpaired) electrons. The Labute approximate surface area is 107 Å². The van der Waals surface area contributed by atoms with Crippen LogP contribution in [0.3, 0.4) is 0 Å². The Balaban J connectivity index is 2.66. The fourth-order valence-corrected chi connectivity index (χ4v) is 1.76. The molecule has 1 aromatic carbocycles. The first kappa shape index (κ1) is 14.2. The normalized spacial score (nSPS) is 15.6. The molecule has 1 aromatic rings. The molecule has 17 heavy (non-hydrogen) atoms. The Hall–Kier alpha value is -0.820. The minimum atomic E-state index is 0.303. The predicted octanol–water partition coefficient (Wildman–Crippen LogP) is 4.33. The van der Waals surface area contributed by atoms with Crippen LogP contribution in [0.5, 0.6) is 0 Å². The Morgan fingerprint density at radius 3 is 2.00 bits per heavy atom. The lowest BCUT2D eigenvalue weighted by atomic mass is 9.87. The predicted molar refractivity (Wildman–Crippen MR) is 76.3 cm³/mol. The lowest BCUT2D eigenvalue weighted by molar-refractivity contribution is 0.268. The maximum atomic E-state index is 3.67. The smallest absolute Gasteiger partial charge is 0.0294 e. The summed E-state index contributed by atoms with van der Waals surface area (Å²) >= 11 is 0. The molecule has 0 fully saturated rings. The van der Waals surface area contributed by atoms with Gasteiger partial charge in [0, 0.05) is 12.1 Å². The van der Waals surface area contributed by atoms with E-state index in [1.807, 2.05) is 0 Å². The molecule has 0 aromatic heterocycles. The van der Waals surface area contributed by atoms with Gasteiger partial charge >= 0.3 is 0 Å². The number of hydrogen-bond donors (Lipinski definition) is 1. The number of benzene rings is 1. The van der Waals surface area contributed by atoms with Crippen molar-refractivity contribution in [2.24, 2.45) is 5.41 Å². The molecule has 0 spiro atoms. The van der Waals surface area contributed by atoms with Crippen LogP contribution in [-0.4, -0.2) is 6.04 Å². The van der Waals surface area contributed by atoms with E-state index in [4.69, 9.17) is 0 Å². The summed E-state index contributed by atoms with van der Waals surface area (Å²) < 4.78 is 0. The molecule has 0 aliphatic carbocycles. The second-order valence-electron chi connectivity index (χ2n) is 6.07. The van der Waals surface area contributed by atoms with E-state index in [2.05, 4.69) is 71.1 Å². The second-order valence-corrected chi connectivity index (χ2v) is 6.07. The molecule has 0 heterocycles. The number of aryl methyl sites for hydroxylation is 1. The highest BCUT2D eigenvalue weighted by Gasteiger charge is 2.21. The van der Waals surface area contributed by atoms with Gasteiger partial charge in [0.25, 0.3) is 0 Å². The van der Waals surface area contributed by atoms with Gasteiger partial charge in [-0.25, -0.2) is 0 Å². The number of hydrogen-bond acceptors (Lipinski definition) is 1. The Morgan fingerprint density at radius 1 is 1.06 bits per heavy atom. The summed E-state index contributed by atoms with van der Waals surface area (Å²) in [7, 11) is 0. The van der Waals surface area contributed by atoms with Crippen LogP contribution in [0, 0.1) is 5.41 Å². The van der Waals surface area contributed by atoms with Crippen molar-refractivity contribution in [2.75, 3.05) is 0 Å². The van der Waals surface area contributed by atoms with Crippen LogP contribution in [0.4, 0.5) is 0 Å². The molecule has 1 N–H and O–H groups in total. The molecule has 0 aliphatic heterocycles. The van der Waals surface area contributed by atoms with Crippen molar-refractivity contribution in [3.8, 4) is 0 Å². The monoisotopic (exact) mass is 233 g/mol. The molecular formula is C16H27N. The van der Waals surface area contributed by atoms with Gasteiger partial charge in [0.1, 0.15) is 0 Å². The third-order valence-corrected chi connectivity index (χ3v) is 3.69. The van der Waals surface area contributed by atoms with Gasteiger partial charge in [-0.05, 0) is 36.8 Å². The summed E-state index contributed by atoms with van der Waals surface area (Å²) in [4.78, 5) is 0. The molecule has 96 valence electrons. The molecule has 2 atom stereocenters. The summed E-state index contributed by atoms with van der Waals surface area (Å²) in [5.41, 5.74) is 3.08. The van der Waals surface area contributed by atoms with Crippen LogP contribution in [0.2, 0.25) is 0 Å². The van der Waals surface area contributed by atoms with Crippen LogP contribution in [0.25, 0.3) is 0 Å². The number of rotatable bonds is 4. The van der Waals surface area contributed by atoms with E-state index >= 15 is 0 Å². The van der Waals surface area contributed by atoms with Crippen molar-refractivity contribution in [3.05, 3.63) is 35.4 Å². The van der Waals surface area contributed by atoms with Crippen molar-refractivity contribution in [1.82, 2.24) is 5.32 Å². The third kappa shape index (κ3) is 4.16. The van der Waals surface area contributed by atoms with E-state index in [-0.39, 0.29) is 0 Å². The van der Waals surface area contributed by atoms with Gasteiger partial charge in [0.15, 0.2) is 0 Å². The highest BCUT2D eigenvalue weighted by Crippen LogP contribution is 2.22. The van der Waals surface area contributed by atoms with E-state index in [1.54, 1.807) is 0 Å². The van der Waals surface area contributed by atoms with Gasteiger partial charge in [-0.15, -0.1) is 0 Å². The summed E-state index contributed by atoms with van der Waals surface area (Å²) in [6.45, 7) is 13.5. The van der Waals surface area contributed by atoms with Crippen LogP contribution in [0.15, 0.2) is 24.3 Å². The first-order valence-corrected chi connectivity index (χ1v) is 6.69. The molecule has 1 rings (SSSR count). The molecule has 1 heteroatoms. The molecule has 0 saturated carbocycles. The quantitative estimate of drug-likeness (QED) is 0.816. The topological polar surface area (TPSA) is 12.0 Å². The van der Waals surface area contributed by atoms with Gasteiger partial charge in [-0.3, -0.25) is 0 Å². The number of nitrogens with one attached hydrogen (secondary N) is 1. The fourth-order valence-electron chi connectivity index (χ4n) is 1.76. The third-order valence-electron chi connectivity index (χ3n) is 3.69. The summed E-state index contributed by atoms with van der Waals surface area (Å²) in [5.74, 6) is 0. The molecule has 0 aliphatic rings. The Kier molecular flexibility index (Phi) is 4.76. The van der Waals surface area contributed by atoms with Crippen LogP contribution in [-0.2, 0) is 6.42 Å². The largest absolute Gasteiger partial charge is 0.307 e. The molecular weight excluding hydrogens is 206 g/mol. The van der Waals surface area contributed by atoms with Crippen molar-refractivity contribution in [3.63, 3.8) is 0 Å². The SMILES string of the molecule is CCc1ccc(C(C)NC(C)C(C)(C)C)cc1. The fraction of sp³-hybridized carbons (Fsp3) is 0.625. The highest BCUT2D eigenvalue weighted by atomic mass is 15.0. The molecule has 2 unspecified atom stereocenters. The zero-order valence-electron chi connectivity index (χ0n) is 12.2. The van der Waals surface area contributed by atoms with Crippen LogP contribution >= 0.6 is 0 Å². The van der Waals surface area contributed by atoms with Crippen molar-refractivity contribution >= 4 is 0 Å². The first-order valence-electron chi connectivity index (χ1n) is 6.69. The van der Waals surface area contributed by atoms with Gasteiger partial charge in [-0.1, -0.05) is 52.0 Å². The lowest BCUT2D eigenvalue weighted by Gasteiger charge is -2.31. The van der Waals surface area contributed by atoms with Gasteiger partial charge < -0.3 is 5.32 Å². The van der Waals surface area contributed by atoms with E-state index in [0.717, 1.165) is 6.42 Å². The maximum Gasteiger partial charge on any atom is 0.0294 e. The van der Waals surface area contributed by atoms with E-state index in [1.165, 1.54) is 11.1 Å². The average molecular weight is 233 g/mol. The highest BCUT2D eigenvalue weighted by molar-refractivity contribution is 5.24. The summed E-state index contributed by atoms with van der Waals surface area (Å²) in [5, 5.41) is 3.67. The van der Waals surface area contributed by atoms with Gasteiger partial charge in [0.05, 0.1) is 0 Å². The van der Waals surface area contributed by atoms with Crippen molar-refractivity contribution in [1.29, 1.82) is 0 Å². The Bertz CT molecular complexity index is 332. The molecule has 0 bridgehead atoms. The van der Waals surface area contributed by atoms with E-state index in [0.29, 0.717) is 17.5 Å². The van der Waals surface area contributed by atoms with Gasteiger partial charge in [-0.2, -0.15) is 0 Å². The summed E-state index contributed by atoms with van der Waals surface area (Å²) in [6.07, 6.45) is 1.11. The van der Waals surface area contributed by atoms with Crippen molar-refractivity contribution in [2.45, 2.75) is 60.0 Å². The minimum absolute atomic E-state index is 0.303.